The molecule has 41 heavy (non-hydrogen) atoms. The fourth-order valence-electron chi connectivity index (χ4n) is 6.16. The van der Waals surface area contributed by atoms with E-state index in [0.29, 0.717) is 35.0 Å². The zero-order valence-corrected chi connectivity index (χ0v) is 26.4. The SMILES string of the molecule is CC(C)[C@@H]1CC[C@@H](C)[C@H](OP(=O)(O[C@@H]2C[C@H](C(C)C)CC[C@@H]2C)[C@@H](OC(=O)/C=C/c2ccco2)c2cccnc2)C1. The van der Waals surface area contributed by atoms with E-state index in [1.54, 1.807) is 36.7 Å². The first-order valence-corrected chi connectivity index (χ1v) is 17.0. The van der Waals surface area contributed by atoms with E-state index in [1.807, 2.05) is 0 Å². The Morgan fingerprint density at radius 2 is 1.56 bits per heavy atom. The number of carbonyl (C=O) groups excluding carboxylic acids is 1. The van der Waals surface area contributed by atoms with Crippen LogP contribution in [0.2, 0.25) is 0 Å². The zero-order valence-electron chi connectivity index (χ0n) is 25.5. The Labute approximate surface area is 246 Å². The van der Waals surface area contributed by atoms with Crippen LogP contribution in [-0.2, 0) is 23.1 Å². The fraction of sp³-hybridized carbons (Fsp3) is 0.636. The molecule has 2 aliphatic carbocycles. The highest BCUT2D eigenvalue weighted by Crippen LogP contribution is 2.65. The number of esters is 1. The molecular weight excluding hydrogens is 537 g/mol. The van der Waals surface area contributed by atoms with Gasteiger partial charge >= 0.3 is 13.6 Å². The van der Waals surface area contributed by atoms with Crippen LogP contribution in [0.15, 0.2) is 53.4 Å². The monoisotopic (exact) mass is 585 g/mol. The Morgan fingerprint density at radius 3 is 2.05 bits per heavy atom. The summed E-state index contributed by atoms with van der Waals surface area (Å²) >= 11 is 0. The molecule has 0 bridgehead atoms. The van der Waals surface area contributed by atoms with Crippen LogP contribution in [0.5, 0.6) is 0 Å². The first-order chi connectivity index (χ1) is 19.6. The second-order valence-corrected chi connectivity index (χ2v) is 14.8. The molecule has 1 unspecified atom stereocenters. The van der Waals surface area contributed by atoms with Gasteiger partial charge in [-0.25, -0.2) is 4.79 Å². The minimum atomic E-state index is -4.05. The lowest BCUT2D eigenvalue weighted by Crippen LogP contribution is -2.35. The van der Waals surface area contributed by atoms with E-state index in [1.165, 1.54) is 18.4 Å². The maximum Gasteiger partial charge on any atom is 0.376 e. The zero-order chi connectivity index (χ0) is 29.6. The van der Waals surface area contributed by atoms with Gasteiger partial charge in [-0.1, -0.05) is 47.6 Å². The summed E-state index contributed by atoms with van der Waals surface area (Å²) < 4.78 is 39.9. The van der Waals surface area contributed by atoms with E-state index in [2.05, 4.69) is 46.5 Å². The molecule has 2 saturated carbocycles. The minimum Gasteiger partial charge on any atom is -0.465 e. The first kappa shape index (κ1) is 31.7. The number of furan rings is 1. The summed E-state index contributed by atoms with van der Waals surface area (Å²) in [6, 6.07) is 6.99. The molecule has 2 fully saturated rings. The fourth-order valence-corrected chi connectivity index (χ4v) is 8.53. The Kier molecular flexibility index (Phi) is 11.1. The predicted octanol–water partition coefficient (Wildman–Crippen LogP) is 9.08. The van der Waals surface area contributed by atoms with E-state index >= 15 is 4.57 Å². The summed E-state index contributed by atoms with van der Waals surface area (Å²) in [4.78, 5) is 17.4. The van der Waals surface area contributed by atoms with Crippen LogP contribution in [0.25, 0.3) is 6.08 Å². The third kappa shape index (κ3) is 8.43. The van der Waals surface area contributed by atoms with E-state index in [4.69, 9.17) is 18.2 Å². The second kappa shape index (κ2) is 14.3. The van der Waals surface area contributed by atoms with Crippen LogP contribution in [0, 0.1) is 35.5 Å². The van der Waals surface area contributed by atoms with Crippen molar-refractivity contribution in [3.63, 3.8) is 0 Å². The molecule has 2 heterocycles. The number of pyridine rings is 1. The van der Waals surface area contributed by atoms with Gasteiger partial charge < -0.3 is 18.2 Å². The number of nitrogens with zero attached hydrogens (tertiary/aromatic N) is 1. The summed E-state index contributed by atoms with van der Waals surface area (Å²) in [6.07, 6.45) is 12.9. The highest BCUT2D eigenvalue weighted by molar-refractivity contribution is 7.54. The standard InChI is InChI=1S/C33H48NO6P/c1-22(2)26-13-11-24(5)30(19-26)39-41(36,40-31-20-27(23(3)4)14-12-25(31)6)33(28-9-7-17-34-21-28)38-32(35)16-15-29-10-8-18-37-29/h7-10,15-18,21-27,30-31,33H,11-14,19-20H2,1-6H3/b16-15+/t24-,25+,26-,27-,30-,31-,33-,41?/m1/s1. The van der Waals surface area contributed by atoms with Gasteiger partial charge in [-0.2, -0.15) is 0 Å². The van der Waals surface area contributed by atoms with Gasteiger partial charge in [0, 0.05) is 24.0 Å². The van der Waals surface area contributed by atoms with Crippen molar-refractivity contribution >= 4 is 19.6 Å². The molecule has 0 N–H and O–H groups in total. The third-order valence-corrected chi connectivity index (χ3v) is 11.3. The molecule has 2 aromatic heterocycles. The lowest BCUT2D eigenvalue weighted by molar-refractivity contribution is -0.141. The van der Waals surface area contributed by atoms with Crippen molar-refractivity contribution in [1.82, 2.24) is 4.98 Å². The van der Waals surface area contributed by atoms with E-state index in [-0.39, 0.29) is 24.0 Å². The molecule has 2 aliphatic rings. The highest BCUT2D eigenvalue weighted by atomic mass is 31.2. The van der Waals surface area contributed by atoms with Crippen LogP contribution in [0.3, 0.4) is 0 Å². The number of aromatic nitrogens is 1. The lowest BCUT2D eigenvalue weighted by Gasteiger charge is -2.42. The number of rotatable bonds is 11. The molecule has 0 saturated heterocycles. The molecule has 4 rings (SSSR count). The molecule has 0 spiro atoms. The largest absolute Gasteiger partial charge is 0.465 e. The molecule has 0 amide bonds. The van der Waals surface area contributed by atoms with Crippen molar-refractivity contribution in [1.29, 1.82) is 0 Å². The maximum atomic E-state index is 15.3. The van der Waals surface area contributed by atoms with Gasteiger partial charge in [-0.05, 0) is 98.3 Å². The van der Waals surface area contributed by atoms with Crippen LogP contribution in [-0.4, -0.2) is 23.2 Å². The summed E-state index contributed by atoms with van der Waals surface area (Å²) in [5.74, 6) is 0.965. The van der Waals surface area contributed by atoms with Crippen molar-refractivity contribution in [3.8, 4) is 0 Å². The van der Waals surface area contributed by atoms with Crippen molar-refractivity contribution in [3.05, 3.63) is 60.3 Å². The van der Waals surface area contributed by atoms with Crippen LogP contribution in [0.4, 0.5) is 0 Å². The summed E-state index contributed by atoms with van der Waals surface area (Å²) in [5, 5.41) is 0. The summed E-state index contributed by atoms with van der Waals surface area (Å²) in [5.41, 5.74) is 0.489. The van der Waals surface area contributed by atoms with Crippen LogP contribution in [0.1, 0.15) is 97.2 Å². The molecule has 7 nitrogen and oxygen atoms in total. The van der Waals surface area contributed by atoms with Crippen LogP contribution < -0.4 is 0 Å². The minimum absolute atomic E-state index is 0.207. The van der Waals surface area contributed by atoms with Gasteiger partial charge in [0.1, 0.15) is 5.76 Å². The normalized spacial score (nSPS) is 29.5. The van der Waals surface area contributed by atoms with Crippen LogP contribution >= 0.6 is 7.60 Å². The van der Waals surface area contributed by atoms with Crippen molar-refractivity contribution in [2.24, 2.45) is 35.5 Å². The van der Waals surface area contributed by atoms with Crippen molar-refractivity contribution in [2.75, 3.05) is 0 Å². The average molecular weight is 586 g/mol. The Morgan fingerprint density at radius 1 is 0.951 bits per heavy atom. The Hall–Kier alpha value is -2.21. The first-order valence-electron chi connectivity index (χ1n) is 15.3. The topological polar surface area (TPSA) is 87.9 Å². The summed E-state index contributed by atoms with van der Waals surface area (Å²) in [7, 11) is -4.05. The van der Waals surface area contributed by atoms with Gasteiger partial charge in [0.15, 0.2) is 0 Å². The van der Waals surface area contributed by atoms with E-state index in [9.17, 15) is 4.79 Å². The molecule has 0 aromatic carbocycles. The van der Waals surface area contributed by atoms with E-state index in [0.717, 1.165) is 38.5 Å². The molecule has 8 atom stereocenters. The van der Waals surface area contributed by atoms with Gasteiger partial charge in [-0.3, -0.25) is 9.55 Å². The van der Waals surface area contributed by atoms with Crippen molar-refractivity contribution in [2.45, 2.75) is 98.1 Å². The number of carbonyl (C=O) groups is 1. The van der Waals surface area contributed by atoms with E-state index < -0.39 is 19.4 Å². The molecule has 226 valence electrons. The molecule has 8 heteroatoms. The van der Waals surface area contributed by atoms with Gasteiger partial charge in [0.05, 0.1) is 18.5 Å². The summed E-state index contributed by atoms with van der Waals surface area (Å²) in [6.45, 7) is 13.2. The maximum absolute atomic E-state index is 15.3. The number of ether oxygens (including phenoxy) is 1. The van der Waals surface area contributed by atoms with Gasteiger partial charge in [0.25, 0.3) is 0 Å². The molecule has 0 aliphatic heterocycles. The quantitative estimate of drug-likeness (QED) is 0.148. The number of hydrogen-bond acceptors (Lipinski definition) is 7. The highest BCUT2D eigenvalue weighted by Gasteiger charge is 2.48. The van der Waals surface area contributed by atoms with Gasteiger partial charge in [-0.15, -0.1) is 0 Å². The predicted molar refractivity (Wildman–Crippen MR) is 161 cm³/mol. The van der Waals surface area contributed by atoms with Gasteiger partial charge in [0.2, 0.25) is 5.85 Å². The Bertz CT molecular complexity index is 1130. The second-order valence-electron chi connectivity index (χ2n) is 12.8. The Balaban J connectivity index is 1.69. The smallest absolute Gasteiger partial charge is 0.376 e. The average Bonchev–Trinajstić information content (AvgIpc) is 3.47. The molecule has 2 aromatic rings. The molecule has 0 radical (unpaired) electrons. The lowest BCUT2D eigenvalue weighted by atomic mass is 9.76. The van der Waals surface area contributed by atoms with Crippen molar-refractivity contribution < 1.29 is 27.6 Å². The molecular formula is C33H48NO6P. The number of hydrogen-bond donors (Lipinski definition) is 0. The third-order valence-electron chi connectivity index (χ3n) is 9.19.